The normalized spacial score (nSPS) is 10.4. The zero-order valence-electron chi connectivity index (χ0n) is 11.7. The maximum atomic E-state index is 12.3. The van der Waals surface area contributed by atoms with Crippen LogP contribution in [0.5, 0.6) is 0 Å². The van der Waals surface area contributed by atoms with Crippen LogP contribution >= 0.6 is 22.7 Å². The highest BCUT2D eigenvalue weighted by Crippen LogP contribution is 2.26. The average Bonchev–Trinajstić information content (AvgIpc) is 3.18. The molecular weight excluding hydrogens is 316 g/mol. The quantitative estimate of drug-likeness (QED) is 0.725. The lowest BCUT2D eigenvalue weighted by Crippen LogP contribution is -2.14. The first-order chi connectivity index (χ1) is 10.6. The van der Waals surface area contributed by atoms with E-state index >= 15 is 0 Å². The average molecular weight is 328 g/mol. The molecule has 0 spiro atoms. The predicted octanol–water partition coefficient (Wildman–Crippen LogP) is 4.33. The van der Waals surface area contributed by atoms with Crippen LogP contribution in [0.3, 0.4) is 0 Å². The molecule has 0 saturated carbocycles. The number of thiophene rings is 1. The van der Waals surface area contributed by atoms with Gasteiger partial charge in [-0.25, -0.2) is 4.98 Å². The third-order valence-electron chi connectivity index (χ3n) is 3.06. The number of thiazole rings is 1. The molecule has 2 aromatic heterocycles. The third-order valence-corrected chi connectivity index (χ3v) is 4.63. The summed E-state index contributed by atoms with van der Waals surface area (Å²) < 4.78 is 0. The van der Waals surface area contributed by atoms with Crippen molar-refractivity contribution in [3.63, 3.8) is 0 Å². The van der Waals surface area contributed by atoms with Crippen molar-refractivity contribution in [2.75, 3.05) is 5.32 Å². The molecule has 0 aliphatic heterocycles. The van der Waals surface area contributed by atoms with Gasteiger partial charge in [0.2, 0.25) is 0 Å². The van der Waals surface area contributed by atoms with Gasteiger partial charge in [-0.1, -0.05) is 12.1 Å². The first-order valence-electron chi connectivity index (χ1n) is 6.54. The Balaban J connectivity index is 1.82. The maximum Gasteiger partial charge on any atom is 0.275 e. The van der Waals surface area contributed by atoms with Gasteiger partial charge in [0.25, 0.3) is 5.91 Å². The number of nitrogens with one attached hydrogen (secondary N) is 1. The summed E-state index contributed by atoms with van der Waals surface area (Å²) in [5.74, 6) is -0.403. The highest BCUT2D eigenvalue weighted by molar-refractivity contribution is 7.14. The lowest BCUT2D eigenvalue weighted by atomic mass is 10.1. The fraction of sp³-hybridized carbons (Fsp3) is 0.0625. The number of hydrogen-bond donors (Lipinski definition) is 1. The number of carbonyl (C=O) groups is 2. The molecule has 0 atom stereocenters. The van der Waals surface area contributed by atoms with E-state index in [-0.39, 0.29) is 11.7 Å². The minimum atomic E-state index is -0.313. The molecule has 110 valence electrons. The highest BCUT2D eigenvalue weighted by Gasteiger charge is 2.14. The van der Waals surface area contributed by atoms with Crippen LogP contribution in [0.4, 0.5) is 5.69 Å². The van der Waals surface area contributed by atoms with E-state index in [2.05, 4.69) is 10.3 Å². The number of aromatic nitrogens is 1. The molecule has 22 heavy (non-hydrogen) atoms. The summed E-state index contributed by atoms with van der Waals surface area (Å²) in [4.78, 5) is 28.2. The minimum Gasteiger partial charge on any atom is -0.320 e. The Morgan fingerprint density at radius 2 is 1.95 bits per heavy atom. The number of nitrogens with zero attached hydrogens (tertiary/aromatic N) is 1. The minimum absolute atomic E-state index is 0.0897. The van der Waals surface area contributed by atoms with Crippen molar-refractivity contribution in [3.05, 3.63) is 57.7 Å². The van der Waals surface area contributed by atoms with Gasteiger partial charge >= 0.3 is 0 Å². The molecule has 3 rings (SSSR count). The Morgan fingerprint density at radius 3 is 2.68 bits per heavy atom. The van der Waals surface area contributed by atoms with Gasteiger partial charge in [0, 0.05) is 21.9 Å². The summed E-state index contributed by atoms with van der Waals surface area (Å²) in [5.41, 5.74) is 2.36. The SMILES string of the molecule is CC(=O)c1ccccc1NC(=O)c1csc(-c2ccsc2)n1. The van der Waals surface area contributed by atoms with Gasteiger partial charge in [-0.15, -0.1) is 11.3 Å². The van der Waals surface area contributed by atoms with Crippen molar-refractivity contribution in [2.24, 2.45) is 0 Å². The number of carbonyl (C=O) groups excluding carboxylic acids is 2. The van der Waals surface area contributed by atoms with Gasteiger partial charge < -0.3 is 5.32 Å². The number of benzene rings is 1. The van der Waals surface area contributed by atoms with E-state index in [9.17, 15) is 9.59 Å². The fourth-order valence-corrected chi connectivity index (χ4v) is 3.49. The smallest absolute Gasteiger partial charge is 0.275 e. The Labute approximate surface area is 135 Å². The van der Waals surface area contributed by atoms with Crippen molar-refractivity contribution in [3.8, 4) is 10.6 Å². The molecule has 0 unspecified atom stereocenters. The van der Waals surface area contributed by atoms with Crippen LogP contribution in [0.15, 0.2) is 46.5 Å². The van der Waals surface area contributed by atoms with Gasteiger partial charge in [-0.05, 0) is 30.5 Å². The van der Waals surface area contributed by atoms with Gasteiger partial charge in [-0.2, -0.15) is 11.3 Å². The summed E-state index contributed by atoms with van der Waals surface area (Å²) in [7, 11) is 0. The van der Waals surface area contributed by atoms with E-state index < -0.39 is 0 Å². The second-order valence-electron chi connectivity index (χ2n) is 4.61. The molecule has 1 amide bonds. The molecular formula is C16H12N2O2S2. The van der Waals surface area contributed by atoms with Crippen molar-refractivity contribution in [1.29, 1.82) is 0 Å². The van der Waals surface area contributed by atoms with E-state index in [0.29, 0.717) is 16.9 Å². The van der Waals surface area contributed by atoms with E-state index in [4.69, 9.17) is 0 Å². The summed E-state index contributed by atoms with van der Waals surface area (Å²) in [6, 6.07) is 8.91. The molecule has 6 heteroatoms. The predicted molar refractivity (Wildman–Crippen MR) is 89.8 cm³/mol. The van der Waals surface area contributed by atoms with Crippen molar-refractivity contribution in [2.45, 2.75) is 6.92 Å². The van der Waals surface area contributed by atoms with Crippen molar-refractivity contribution >= 4 is 40.1 Å². The van der Waals surface area contributed by atoms with Crippen LogP contribution in [-0.2, 0) is 0 Å². The first kappa shape index (κ1) is 14.6. The molecule has 4 nitrogen and oxygen atoms in total. The summed E-state index contributed by atoms with van der Waals surface area (Å²) >= 11 is 3.01. The zero-order chi connectivity index (χ0) is 15.5. The second-order valence-corrected chi connectivity index (χ2v) is 6.24. The van der Waals surface area contributed by atoms with E-state index in [1.54, 1.807) is 41.0 Å². The summed E-state index contributed by atoms with van der Waals surface area (Å²) in [6.45, 7) is 1.47. The fourth-order valence-electron chi connectivity index (χ4n) is 1.98. The third kappa shape index (κ3) is 2.98. The molecule has 0 bridgehead atoms. The van der Waals surface area contributed by atoms with Crippen LogP contribution < -0.4 is 5.32 Å². The number of rotatable bonds is 4. The second kappa shape index (κ2) is 6.21. The molecule has 0 aliphatic carbocycles. The Hall–Kier alpha value is -2.31. The van der Waals surface area contributed by atoms with E-state index in [1.807, 2.05) is 16.8 Å². The van der Waals surface area contributed by atoms with E-state index in [1.165, 1.54) is 18.3 Å². The number of para-hydroxylation sites is 1. The molecule has 0 aliphatic rings. The van der Waals surface area contributed by atoms with Crippen LogP contribution in [0.1, 0.15) is 27.8 Å². The van der Waals surface area contributed by atoms with Crippen LogP contribution in [0.2, 0.25) is 0 Å². The maximum absolute atomic E-state index is 12.3. The molecule has 2 heterocycles. The van der Waals surface area contributed by atoms with Gasteiger partial charge in [0.05, 0.1) is 5.69 Å². The van der Waals surface area contributed by atoms with Crippen molar-refractivity contribution in [1.82, 2.24) is 4.98 Å². The highest BCUT2D eigenvalue weighted by atomic mass is 32.1. The summed E-state index contributed by atoms with van der Waals surface area (Å²) in [5, 5.41) is 9.25. The number of anilines is 1. The van der Waals surface area contributed by atoms with Crippen LogP contribution in [0, 0.1) is 0 Å². The monoisotopic (exact) mass is 328 g/mol. The number of ketones is 1. The lowest BCUT2D eigenvalue weighted by molar-refractivity contribution is 0.101. The van der Waals surface area contributed by atoms with Crippen molar-refractivity contribution < 1.29 is 9.59 Å². The molecule has 1 aromatic carbocycles. The van der Waals surface area contributed by atoms with Gasteiger partial charge in [0.15, 0.2) is 5.78 Å². The van der Waals surface area contributed by atoms with Gasteiger partial charge in [0.1, 0.15) is 10.7 Å². The first-order valence-corrected chi connectivity index (χ1v) is 8.37. The molecule has 0 radical (unpaired) electrons. The number of Topliss-reactive ketones (excluding diaryl/α,β-unsaturated/α-hetero) is 1. The zero-order valence-corrected chi connectivity index (χ0v) is 13.3. The Morgan fingerprint density at radius 1 is 1.14 bits per heavy atom. The standard InChI is InChI=1S/C16H12N2O2S2/c1-10(19)12-4-2-3-5-13(12)17-15(20)14-9-22-16(18-14)11-6-7-21-8-11/h2-9H,1H3,(H,17,20). The summed E-state index contributed by atoms with van der Waals surface area (Å²) in [6.07, 6.45) is 0. The Kier molecular flexibility index (Phi) is 4.13. The molecule has 3 aromatic rings. The van der Waals surface area contributed by atoms with Crippen LogP contribution in [0.25, 0.3) is 10.6 Å². The molecule has 0 saturated heterocycles. The lowest BCUT2D eigenvalue weighted by Gasteiger charge is -2.07. The number of amides is 1. The van der Waals surface area contributed by atoms with E-state index in [0.717, 1.165) is 10.6 Å². The molecule has 1 N–H and O–H groups in total. The number of hydrogen-bond acceptors (Lipinski definition) is 5. The Bertz CT molecular complexity index is 822. The van der Waals surface area contributed by atoms with Gasteiger partial charge in [-0.3, -0.25) is 9.59 Å². The van der Waals surface area contributed by atoms with Crippen LogP contribution in [-0.4, -0.2) is 16.7 Å². The largest absolute Gasteiger partial charge is 0.320 e. The topological polar surface area (TPSA) is 59.1 Å². The molecule has 0 fully saturated rings.